The number of carbonyl (C=O) groups excluding carboxylic acids is 1. The Morgan fingerprint density at radius 1 is 1.21 bits per heavy atom. The molecule has 128 valence electrons. The Bertz CT molecular complexity index is 779. The summed E-state index contributed by atoms with van der Waals surface area (Å²) < 4.78 is 5.73. The maximum Gasteiger partial charge on any atom is 0.411 e. The molecule has 1 aromatic heterocycles. The minimum atomic E-state index is -0.461. The fraction of sp³-hybridized carbons (Fsp3) is 0.550. The molecule has 1 amide bonds. The first-order valence-corrected chi connectivity index (χ1v) is 9.01. The van der Waals surface area contributed by atoms with Crippen LogP contribution in [0.5, 0.6) is 0 Å². The lowest BCUT2D eigenvalue weighted by molar-refractivity contribution is -0.00810. The number of benzene rings is 1. The van der Waals surface area contributed by atoms with E-state index >= 15 is 0 Å². The number of aromatic amines is 1. The van der Waals surface area contributed by atoms with Gasteiger partial charge in [-0.2, -0.15) is 0 Å². The van der Waals surface area contributed by atoms with Gasteiger partial charge in [0.15, 0.2) is 0 Å². The number of nitrogens with one attached hydrogen (secondary N) is 1. The quantitative estimate of drug-likeness (QED) is 0.760. The number of amides is 1. The van der Waals surface area contributed by atoms with Gasteiger partial charge in [0.2, 0.25) is 0 Å². The zero-order valence-electron chi connectivity index (χ0n) is 14.8. The van der Waals surface area contributed by atoms with Crippen LogP contribution < -0.4 is 0 Å². The van der Waals surface area contributed by atoms with Crippen molar-refractivity contribution in [1.82, 2.24) is 9.88 Å². The molecule has 4 rings (SSSR count). The van der Waals surface area contributed by atoms with Gasteiger partial charge in [-0.3, -0.25) is 4.90 Å². The molecule has 0 saturated heterocycles. The lowest BCUT2D eigenvalue weighted by atomic mass is 9.83. The second kappa shape index (κ2) is 5.27. The number of ether oxygens (including phenoxy) is 1. The molecule has 2 aromatic rings. The maximum absolute atomic E-state index is 12.9. The SMILES string of the molecule is CC(C)(C)OC(=O)N1CCc2c([nH]c3ccccc23)C12CCCC2. The molecule has 1 aromatic carbocycles. The third-order valence-corrected chi connectivity index (χ3v) is 5.43. The van der Waals surface area contributed by atoms with Crippen molar-refractivity contribution in [3.8, 4) is 0 Å². The predicted octanol–water partition coefficient (Wildman–Crippen LogP) is 4.73. The number of para-hydroxylation sites is 1. The fourth-order valence-electron chi connectivity index (χ4n) is 4.49. The van der Waals surface area contributed by atoms with Crippen LogP contribution in [0.3, 0.4) is 0 Å². The van der Waals surface area contributed by atoms with Crippen LogP contribution in [0.4, 0.5) is 4.79 Å². The van der Waals surface area contributed by atoms with E-state index in [0.717, 1.165) is 38.6 Å². The van der Waals surface area contributed by atoms with Gasteiger partial charge in [-0.25, -0.2) is 4.79 Å². The molecule has 1 aliphatic heterocycles. The van der Waals surface area contributed by atoms with Crippen molar-refractivity contribution in [1.29, 1.82) is 0 Å². The number of fused-ring (bicyclic) bond motifs is 4. The summed E-state index contributed by atoms with van der Waals surface area (Å²) in [5.41, 5.74) is 3.15. The molecule has 1 saturated carbocycles. The van der Waals surface area contributed by atoms with E-state index in [0.29, 0.717) is 0 Å². The standard InChI is InChI=1S/C20H26N2O2/c1-19(2,3)24-18(23)22-13-10-15-14-8-4-5-9-16(14)21-17(15)20(22)11-6-7-12-20/h4-5,8-9,21H,6-7,10-13H2,1-3H3. The van der Waals surface area contributed by atoms with Crippen LogP contribution in [-0.2, 0) is 16.7 Å². The topological polar surface area (TPSA) is 45.3 Å². The molecule has 1 N–H and O–H groups in total. The van der Waals surface area contributed by atoms with Gasteiger partial charge in [0.1, 0.15) is 5.60 Å². The number of H-pyrrole nitrogens is 1. The predicted molar refractivity (Wildman–Crippen MR) is 95.1 cm³/mol. The van der Waals surface area contributed by atoms with Crippen molar-refractivity contribution < 1.29 is 9.53 Å². The number of nitrogens with zero attached hydrogens (tertiary/aromatic N) is 1. The Morgan fingerprint density at radius 3 is 2.62 bits per heavy atom. The average molecular weight is 326 g/mol. The van der Waals surface area contributed by atoms with E-state index in [1.807, 2.05) is 25.7 Å². The van der Waals surface area contributed by atoms with E-state index in [1.54, 1.807) is 0 Å². The Labute approximate surface area is 143 Å². The molecule has 2 aliphatic rings. The Balaban J connectivity index is 1.80. The number of aromatic nitrogens is 1. The number of hydrogen-bond acceptors (Lipinski definition) is 2. The van der Waals surface area contributed by atoms with E-state index in [-0.39, 0.29) is 11.6 Å². The Morgan fingerprint density at radius 2 is 1.92 bits per heavy atom. The van der Waals surface area contributed by atoms with E-state index in [2.05, 4.69) is 29.2 Å². The molecule has 4 nitrogen and oxygen atoms in total. The summed E-state index contributed by atoms with van der Waals surface area (Å²) in [6, 6.07) is 8.49. The molecule has 0 unspecified atom stereocenters. The molecular formula is C20H26N2O2. The van der Waals surface area contributed by atoms with E-state index in [4.69, 9.17) is 4.74 Å². The number of rotatable bonds is 0. The fourth-order valence-corrected chi connectivity index (χ4v) is 4.49. The third kappa shape index (κ3) is 2.31. The summed E-state index contributed by atoms with van der Waals surface area (Å²) in [5.74, 6) is 0. The minimum absolute atomic E-state index is 0.172. The van der Waals surface area contributed by atoms with Gasteiger partial charge in [0.05, 0.1) is 5.54 Å². The third-order valence-electron chi connectivity index (χ3n) is 5.43. The first-order chi connectivity index (χ1) is 11.4. The molecule has 1 spiro atoms. The zero-order chi connectivity index (χ0) is 16.9. The second-order valence-electron chi connectivity index (χ2n) is 8.14. The lowest BCUT2D eigenvalue weighted by Gasteiger charge is -2.45. The van der Waals surface area contributed by atoms with Crippen molar-refractivity contribution in [3.63, 3.8) is 0 Å². The summed E-state index contributed by atoms with van der Waals surface area (Å²) in [6.07, 6.45) is 5.08. The smallest absolute Gasteiger partial charge is 0.411 e. The summed E-state index contributed by atoms with van der Waals surface area (Å²) >= 11 is 0. The van der Waals surface area contributed by atoms with Crippen LogP contribution in [0.2, 0.25) is 0 Å². The Hall–Kier alpha value is -1.97. The van der Waals surface area contributed by atoms with Crippen LogP contribution in [0.25, 0.3) is 10.9 Å². The normalized spacial score (nSPS) is 19.7. The molecule has 0 radical (unpaired) electrons. The van der Waals surface area contributed by atoms with Crippen LogP contribution in [-0.4, -0.2) is 28.1 Å². The highest BCUT2D eigenvalue weighted by molar-refractivity contribution is 5.86. The molecule has 0 bridgehead atoms. The van der Waals surface area contributed by atoms with Crippen molar-refractivity contribution in [2.45, 2.75) is 64.0 Å². The molecule has 1 aliphatic carbocycles. The van der Waals surface area contributed by atoms with Gasteiger partial charge < -0.3 is 9.72 Å². The van der Waals surface area contributed by atoms with Crippen molar-refractivity contribution in [2.24, 2.45) is 0 Å². The molecule has 1 fully saturated rings. The van der Waals surface area contributed by atoms with Crippen molar-refractivity contribution in [2.75, 3.05) is 6.54 Å². The summed E-state index contributed by atoms with van der Waals surface area (Å²) in [4.78, 5) is 18.5. The van der Waals surface area contributed by atoms with Gasteiger partial charge in [0.25, 0.3) is 0 Å². The summed E-state index contributed by atoms with van der Waals surface area (Å²) in [7, 11) is 0. The van der Waals surface area contributed by atoms with Gasteiger partial charge in [-0.15, -0.1) is 0 Å². The van der Waals surface area contributed by atoms with Gasteiger partial charge in [-0.05, 0) is 51.7 Å². The molecular weight excluding hydrogens is 300 g/mol. The monoisotopic (exact) mass is 326 g/mol. The Kier molecular flexibility index (Phi) is 3.41. The van der Waals surface area contributed by atoms with Crippen LogP contribution in [0.1, 0.15) is 57.7 Å². The van der Waals surface area contributed by atoms with Gasteiger partial charge >= 0.3 is 6.09 Å². The largest absolute Gasteiger partial charge is 0.444 e. The highest BCUT2D eigenvalue weighted by atomic mass is 16.6. The van der Waals surface area contributed by atoms with Crippen LogP contribution in [0.15, 0.2) is 24.3 Å². The van der Waals surface area contributed by atoms with E-state index in [9.17, 15) is 4.79 Å². The second-order valence-corrected chi connectivity index (χ2v) is 8.14. The van der Waals surface area contributed by atoms with Gasteiger partial charge in [0, 0.05) is 23.1 Å². The first-order valence-electron chi connectivity index (χ1n) is 9.01. The lowest BCUT2D eigenvalue weighted by Crippen LogP contribution is -2.53. The van der Waals surface area contributed by atoms with Gasteiger partial charge in [-0.1, -0.05) is 31.0 Å². The highest BCUT2D eigenvalue weighted by Gasteiger charge is 2.49. The molecule has 2 heterocycles. The number of carbonyl (C=O) groups is 1. The number of hydrogen-bond donors (Lipinski definition) is 1. The minimum Gasteiger partial charge on any atom is -0.444 e. The first kappa shape index (κ1) is 15.6. The summed E-state index contributed by atoms with van der Waals surface area (Å²) in [5, 5.41) is 1.31. The van der Waals surface area contributed by atoms with Crippen LogP contribution in [0, 0.1) is 0 Å². The maximum atomic E-state index is 12.9. The molecule has 0 atom stereocenters. The van der Waals surface area contributed by atoms with E-state index in [1.165, 1.54) is 22.2 Å². The van der Waals surface area contributed by atoms with E-state index < -0.39 is 5.60 Å². The summed E-state index contributed by atoms with van der Waals surface area (Å²) in [6.45, 7) is 6.55. The van der Waals surface area contributed by atoms with Crippen LogP contribution >= 0.6 is 0 Å². The van der Waals surface area contributed by atoms with Crippen molar-refractivity contribution >= 4 is 17.0 Å². The molecule has 24 heavy (non-hydrogen) atoms. The zero-order valence-corrected chi connectivity index (χ0v) is 14.8. The van der Waals surface area contributed by atoms with Crippen molar-refractivity contribution in [3.05, 3.63) is 35.5 Å². The molecule has 4 heteroatoms. The average Bonchev–Trinajstić information content (AvgIpc) is 3.12. The highest BCUT2D eigenvalue weighted by Crippen LogP contribution is 2.49.